The lowest BCUT2D eigenvalue weighted by molar-refractivity contribution is 0.252. The fraction of sp³-hybridized carbons (Fsp3) is 0.562. The molecule has 0 spiro atoms. The zero-order valence-corrected chi connectivity index (χ0v) is 15.5. The highest BCUT2D eigenvalue weighted by Crippen LogP contribution is 2.32. The number of hydrogen-bond donors (Lipinski definition) is 2. The first-order chi connectivity index (χ1) is 11.5. The molecule has 2 aromatic rings. The largest absolute Gasteiger partial charge is 0.393 e. The third kappa shape index (κ3) is 3.44. The van der Waals surface area contributed by atoms with Gasteiger partial charge in [-0.25, -0.2) is 15.0 Å². The lowest BCUT2D eigenvalue weighted by Crippen LogP contribution is -2.42. The molecule has 7 nitrogen and oxygen atoms in total. The molecule has 0 atom stereocenters. The Bertz CT molecular complexity index is 687. The van der Waals surface area contributed by atoms with Crippen molar-refractivity contribution >= 4 is 33.8 Å². The number of nitrogen functional groups attached to an aromatic ring is 1. The number of piperidine rings is 1. The molecular weight excluding hydrogens is 322 g/mol. The second kappa shape index (κ2) is 6.90. The van der Waals surface area contributed by atoms with Gasteiger partial charge in [-0.15, -0.1) is 11.3 Å². The number of hydrogen-bond acceptors (Lipinski definition) is 8. The van der Waals surface area contributed by atoms with E-state index in [1.54, 1.807) is 17.7 Å². The summed E-state index contributed by atoms with van der Waals surface area (Å²) < 4.78 is 0. The van der Waals surface area contributed by atoms with Crippen molar-refractivity contribution in [1.82, 2.24) is 19.9 Å². The first kappa shape index (κ1) is 16.9. The van der Waals surface area contributed by atoms with Gasteiger partial charge in [0.1, 0.15) is 12.0 Å². The van der Waals surface area contributed by atoms with Crippen molar-refractivity contribution in [3.8, 4) is 0 Å². The van der Waals surface area contributed by atoms with E-state index in [0.717, 1.165) is 42.6 Å². The molecule has 0 unspecified atom stereocenters. The van der Waals surface area contributed by atoms with E-state index in [1.807, 2.05) is 6.92 Å². The van der Waals surface area contributed by atoms with Crippen LogP contribution in [0.25, 0.3) is 0 Å². The Kier molecular flexibility index (Phi) is 4.86. The minimum absolute atomic E-state index is 0.454. The number of nitrogens with two attached hydrogens (primary N) is 1. The number of nitrogens with zero attached hydrogens (tertiary/aromatic N) is 5. The summed E-state index contributed by atoms with van der Waals surface area (Å²) in [6.45, 7) is 6.26. The minimum atomic E-state index is 0.454. The molecule has 3 N–H and O–H groups in total. The van der Waals surface area contributed by atoms with Crippen LogP contribution >= 0.6 is 11.3 Å². The molecule has 0 bridgehead atoms. The average molecular weight is 347 g/mol. The van der Waals surface area contributed by atoms with Crippen LogP contribution in [0.4, 0.5) is 22.5 Å². The number of aromatic nitrogens is 3. The zero-order chi connectivity index (χ0) is 17.3. The quantitative estimate of drug-likeness (QED) is 0.878. The first-order valence-corrected chi connectivity index (χ1v) is 9.00. The molecule has 2 aromatic heterocycles. The van der Waals surface area contributed by atoms with E-state index in [9.17, 15) is 0 Å². The Morgan fingerprint density at radius 3 is 2.62 bits per heavy atom. The van der Waals surface area contributed by atoms with E-state index in [-0.39, 0.29) is 0 Å². The van der Waals surface area contributed by atoms with Crippen molar-refractivity contribution in [3.63, 3.8) is 0 Å². The fourth-order valence-corrected chi connectivity index (χ4v) is 3.76. The molecular formula is C16H25N7S. The summed E-state index contributed by atoms with van der Waals surface area (Å²) in [7, 11) is 4.23. The Hall–Kier alpha value is -1.93. The van der Waals surface area contributed by atoms with Gasteiger partial charge in [0.25, 0.3) is 0 Å². The van der Waals surface area contributed by atoms with E-state index < -0.39 is 0 Å². The van der Waals surface area contributed by atoms with Gasteiger partial charge in [0.05, 0.1) is 5.69 Å². The van der Waals surface area contributed by atoms with Crippen LogP contribution in [0.3, 0.4) is 0 Å². The van der Waals surface area contributed by atoms with Gasteiger partial charge in [0, 0.05) is 18.0 Å². The van der Waals surface area contributed by atoms with E-state index in [4.69, 9.17) is 5.73 Å². The summed E-state index contributed by atoms with van der Waals surface area (Å²) in [6.07, 6.45) is 3.79. The summed E-state index contributed by atoms with van der Waals surface area (Å²) in [6, 6.07) is 0.454. The standard InChI is InChI=1S/C16H25N7S/c1-10-11(2)24-16(20-10)21-14-13(17)15(19-9-18-14)23(4)12-5-7-22(3)8-6-12/h9,12H,5-8,17H2,1-4H3,(H,18,19,20,21). The molecule has 24 heavy (non-hydrogen) atoms. The van der Waals surface area contributed by atoms with Crippen LogP contribution in [-0.4, -0.2) is 53.1 Å². The Morgan fingerprint density at radius 2 is 2.00 bits per heavy atom. The van der Waals surface area contributed by atoms with Crippen LogP contribution in [0, 0.1) is 13.8 Å². The molecule has 8 heteroatoms. The lowest BCUT2D eigenvalue weighted by Gasteiger charge is -2.36. The Balaban J connectivity index is 1.79. The summed E-state index contributed by atoms with van der Waals surface area (Å²) >= 11 is 1.60. The summed E-state index contributed by atoms with van der Waals surface area (Å²) in [4.78, 5) is 18.9. The third-order valence-electron chi connectivity index (χ3n) is 4.69. The molecule has 0 saturated carbocycles. The van der Waals surface area contributed by atoms with Crippen molar-refractivity contribution in [2.45, 2.75) is 32.7 Å². The van der Waals surface area contributed by atoms with Gasteiger partial charge in [-0.2, -0.15) is 0 Å². The SMILES string of the molecule is Cc1nc(Nc2ncnc(N(C)C3CCN(C)CC3)c2N)sc1C. The van der Waals surface area contributed by atoms with Gasteiger partial charge in [-0.3, -0.25) is 0 Å². The topological polar surface area (TPSA) is 83.2 Å². The average Bonchev–Trinajstić information content (AvgIpc) is 2.87. The van der Waals surface area contributed by atoms with Crippen LogP contribution in [0.5, 0.6) is 0 Å². The maximum Gasteiger partial charge on any atom is 0.188 e. The second-order valence-corrected chi connectivity index (χ2v) is 7.59. The molecule has 0 aliphatic carbocycles. The predicted molar refractivity (Wildman–Crippen MR) is 100 cm³/mol. The number of likely N-dealkylation sites (tertiary alicyclic amines) is 1. The van der Waals surface area contributed by atoms with Gasteiger partial charge < -0.3 is 20.9 Å². The summed E-state index contributed by atoms with van der Waals surface area (Å²) in [5.41, 5.74) is 7.95. The number of nitrogens with one attached hydrogen (secondary N) is 1. The molecule has 1 fully saturated rings. The van der Waals surface area contributed by atoms with Crippen LogP contribution in [0.2, 0.25) is 0 Å². The highest BCUT2D eigenvalue weighted by Gasteiger charge is 2.24. The molecule has 0 aromatic carbocycles. The molecule has 1 saturated heterocycles. The van der Waals surface area contributed by atoms with Gasteiger partial charge in [-0.05, 0) is 46.8 Å². The lowest BCUT2D eigenvalue weighted by atomic mass is 10.0. The summed E-state index contributed by atoms with van der Waals surface area (Å²) in [5, 5.41) is 4.04. The van der Waals surface area contributed by atoms with Gasteiger partial charge in [0.2, 0.25) is 0 Å². The maximum absolute atomic E-state index is 6.35. The van der Waals surface area contributed by atoms with Crippen molar-refractivity contribution in [1.29, 1.82) is 0 Å². The smallest absolute Gasteiger partial charge is 0.188 e. The highest BCUT2D eigenvalue weighted by atomic mass is 32.1. The van der Waals surface area contributed by atoms with E-state index in [1.165, 1.54) is 4.88 Å². The third-order valence-corrected chi connectivity index (χ3v) is 5.67. The molecule has 1 aliphatic heterocycles. The van der Waals surface area contributed by atoms with Crippen LogP contribution < -0.4 is 16.0 Å². The van der Waals surface area contributed by atoms with Crippen LogP contribution in [0.15, 0.2) is 6.33 Å². The highest BCUT2D eigenvalue weighted by molar-refractivity contribution is 7.15. The molecule has 130 valence electrons. The monoisotopic (exact) mass is 347 g/mol. The maximum atomic E-state index is 6.35. The predicted octanol–water partition coefficient (Wildman–Crippen LogP) is 2.41. The van der Waals surface area contributed by atoms with E-state index >= 15 is 0 Å². The summed E-state index contributed by atoms with van der Waals surface area (Å²) in [5.74, 6) is 1.40. The van der Waals surface area contributed by atoms with Crippen molar-refractivity contribution in [2.75, 3.05) is 43.1 Å². The van der Waals surface area contributed by atoms with Gasteiger partial charge >= 0.3 is 0 Å². The van der Waals surface area contributed by atoms with Crippen LogP contribution in [0.1, 0.15) is 23.4 Å². The molecule has 3 heterocycles. The molecule has 0 radical (unpaired) electrons. The Labute approximate surface area is 146 Å². The fourth-order valence-electron chi connectivity index (χ4n) is 2.95. The molecule has 0 amide bonds. The van der Waals surface area contributed by atoms with Gasteiger partial charge in [-0.1, -0.05) is 0 Å². The number of aryl methyl sites for hydroxylation is 2. The van der Waals surface area contributed by atoms with Gasteiger partial charge in [0.15, 0.2) is 16.8 Å². The first-order valence-electron chi connectivity index (χ1n) is 8.18. The zero-order valence-electron chi connectivity index (χ0n) is 14.7. The number of thiazole rings is 1. The number of anilines is 4. The molecule has 1 aliphatic rings. The normalized spacial score (nSPS) is 16.3. The minimum Gasteiger partial charge on any atom is -0.393 e. The van der Waals surface area contributed by atoms with E-state index in [2.05, 4.69) is 51.1 Å². The van der Waals surface area contributed by atoms with Crippen LogP contribution in [-0.2, 0) is 0 Å². The Morgan fingerprint density at radius 1 is 1.29 bits per heavy atom. The van der Waals surface area contributed by atoms with Crippen molar-refractivity contribution in [3.05, 3.63) is 16.9 Å². The number of rotatable bonds is 4. The van der Waals surface area contributed by atoms with Crippen molar-refractivity contribution < 1.29 is 0 Å². The van der Waals surface area contributed by atoms with E-state index in [0.29, 0.717) is 17.5 Å². The molecule has 3 rings (SSSR count). The second-order valence-electron chi connectivity index (χ2n) is 6.39. The van der Waals surface area contributed by atoms with Crippen molar-refractivity contribution in [2.24, 2.45) is 0 Å².